The van der Waals surface area contributed by atoms with Gasteiger partial charge in [0.25, 0.3) is 7.82 Å². The van der Waals surface area contributed by atoms with Gasteiger partial charge in [0, 0.05) is 6.42 Å². The molecule has 0 radical (unpaired) electrons. The molecule has 4 unspecified atom stereocenters. The zero-order valence-electron chi connectivity index (χ0n) is 37.9. The van der Waals surface area contributed by atoms with Crippen LogP contribution in [0.3, 0.4) is 0 Å². The van der Waals surface area contributed by atoms with E-state index >= 15 is 0 Å². The summed E-state index contributed by atoms with van der Waals surface area (Å²) in [5, 5.41) is 24.6. The number of nitrogens with one attached hydrogen (secondary N) is 1. The van der Waals surface area contributed by atoms with Crippen LogP contribution in [0.1, 0.15) is 213 Å². The predicted octanol–water partition coefficient (Wildman–Crippen LogP) is 11.6. The molecule has 0 aromatic heterocycles. The Hall–Kier alpha value is -1.06. The van der Waals surface area contributed by atoms with E-state index in [-0.39, 0.29) is 18.9 Å². The molecular formula is C47H93N2O7P. The molecule has 0 spiro atoms. The molecule has 0 aromatic rings. The number of aliphatic hydroxyl groups excluding tert-OH is 2. The number of quaternary nitrogens is 1. The van der Waals surface area contributed by atoms with Crippen molar-refractivity contribution in [2.75, 3.05) is 40.9 Å². The Morgan fingerprint density at radius 3 is 1.42 bits per heavy atom. The number of hydrogen-bond donors (Lipinski definition) is 3. The molecule has 0 aliphatic rings. The van der Waals surface area contributed by atoms with Gasteiger partial charge in [-0.25, -0.2) is 0 Å². The summed E-state index contributed by atoms with van der Waals surface area (Å²) in [6.07, 6.45) is 42.2. The minimum atomic E-state index is -4.67. The zero-order valence-corrected chi connectivity index (χ0v) is 38.8. The van der Waals surface area contributed by atoms with Crippen molar-refractivity contribution in [1.29, 1.82) is 0 Å². The monoisotopic (exact) mass is 829 g/mol. The molecule has 10 heteroatoms. The van der Waals surface area contributed by atoms with Crippen LogP contribution < -0.4 is 10.2 Å². The summed E-state index contributed by atoms with van der Waals surface area (Å²) in [7, 11) is 1.11. The number of hydrogen-bond acceptors (Lipinski definition) is 7. The lowest BCUT2D eigenvalue weighted by Crippen LogP contribution is -2.51. The molecule has 0 aromatic carbocycles. The van der Waals surface area contributed by atoms with Crippen LogP contribution in [-0.2, 0) is 18.4 Å². The Morgan fingerprint density at radius 1 is 0.614 bits per heavy atom. The van der Waals surface area contributed by atoms with E-state index in [2.05, 4.69) is 43.5 Å². The lowest BCUT2D eigenvalue weighted by molar-refractivity contribution is -0.870. The third-order valence-electron chi connectivity index (χ3n) is 10.8. The third kappa shape index (κ3) is 40.1. The van der Waals surface area contributed by atoms with Crippen molar-refractivity contribution in [2.24, 2.45) is 0 Å². The molecule has 0 fully saturated rings. The fourth-order valence-electron chi connectivity index (χ4n) is 6.90. The highest BCUT2D eigenvalue weighted by Gasteiger charge is 2.29. The Bertz CT molecular complexity index is 1000. The first-order chi connectivity index (χ1) is 27.4. The molecule has 0 saturated heterocycles. The molecule has 0 aliphatic carbocycles. The van der Waals surface area contributed by atoms with Gasteiger partial charge in [-0.3, -0.25) is 9.36 Å². The highest BCUT2D eigenvalue weighted by molar-refractivity contribution is 7.45. The Kier molecular flexibility index (Phi) is 38.4. The predicted molar refractivity (Wildman–Crippen MR) is 239 cm³/mol. The van der Waals surface area contributed by atoms with Crippen LogP contribution in [0, 0.1) is 0 Å². The molecule has 1 amide bonds. The number of carbonyl (C=O) groups is 1. The summed E-state index contributed by atoms with van der Waals surface area (Å²) in [5.41, 5.74) is 0. The lowest BCUT2D eigenvalue weighted by Gasteiger charge is -2.31. The van der Waals surface area contributed by atoms with E-state index in [1.807, 2.05) is 21.1 Å². The van der Waals surface area contributed by atoms with Crippen molar-refractivity contribution in [3.63, 3.8) is 0 Å². The van der Waals surface area contributed by atoms with Crippen LogP contribution in [0.2, 0.25) is 0 Å². The average Bonchev–Trinajstić information content (AvgIpc) is 3.16. The molecule has 4 atom stereocenters. The largest absolute Gasteiger partial charge is 0.756 e. The number of rotatable bonds is 43. The normalized spacial score (nSPS) is 15.0. The second kappa shape index (κ2) is 39.1. The summed E-state index contributed by atoms with van der Waals surface area (Å²) >= 11 is 0. The van der Waals surface area contributed by atoms with Gasteiger partial charge in [-0.15, -0.1) is 0 Å². The van der Waals surface area contributed by atoms with Crippen molar-refractivity contribution in [2.45, 2.75) is 231 Å². The SMILES string of the molecule is CCCCCCCCC/C=C/CCCC(O)C(O)C(COP(=O)([O-])OCC[N+](C)(C)C)NC(=O)CCCCCCCCCCC/C=C\CCCCCCCCCC. The fourth-order valence-corrected chi connectivity index (χ4v) is 7.62. The molecule has 0 heterocycles. The second-order valence-electron chi connectivity index (χ2n) is 17.6. The summed E-state index contributed by atoms with van der Waals surface area (Å²) in [6, 6.07) is -1.09. The Labute approximate surface area is 352 Å². The van der Waals surface area contributed by atoms with E-state index in [4.69, 9.17) is 9.05 Å². The second-order valence-corrected chi connectivity index (χ2v) is 19.0. The third-order valence-corrected chi connectivity index (χ3v) is 11.7. The minimum Gasteiger partial charge on any atom is -0.756 e. The van der Waals surface area contributed by atoms with Crippen molar-refractivity contribution in [1.82, 2.24) is 5.32 Å². The Balaban J connectivity index is 4.41. The Morgan fingerprint density at radius 2 is 1.00 bits per heavy atom. The van der Waals surface area contributed by atoms with Crippen LogP contribution in [0.25, 0.3) is 0 Å². The number of nitrogens with zero attached hydrogens (tertiary/aromatic N) is 1. The van der Waals surface area contributed by atoms with Crippen LogP contribution in [0.4, 0.5) is 0 Å². The zero-order chi connectivity index (χ0) is 42.3. The first-order valence-electron chi connectivity index (χ1n) is 23.8. The molecule has 338 valence electrons. The van der Waals surface area contributed by atoms with Crippen molar-refractivity contribution in [3.8, 4) is 0 Å². The van der Waals surface area contributed by atoms with Crippen molar-refractivity contribution >= 4 is 13.7 Å². The highest BCUT2D eigenvalue weighted by Crippen LogP contribution is 2.38. The van der Waals surface area contributed by atoms with Crippen LogP contribution in [-0.4, -0.2) is 79.8 Å². The van der Waals surface area contributed by atoms with Gasteiger partial charge >= 0.3 is 0 Å². The van der Waals surface area contributed by atoms with Gasteiger partial charge in [-0.05, 0) is 64.2 Å². The number of allylic oxidation sites excluding steroid dienone is 4. The van der Waals surface area contributed by atoms with Crippen molar-refractivity contribution in [3.05, 3.63) is 24.3 Å². The molecular weight excluding hydrogens is 735 g/mol. The van der Waals surface area contributed by atoms with E-state index in [0.29, 0.717) is 30.3 Å². The number of phosphoric acid groups is 1. The summed E-state index contributed by atoms with van der Waals surface area (Å²) in [4.78, 5) is 25.4. The summed E-state index contributed by atoms with van der Waals surface area (Å²) < 4.78 is 23.1. The van der Waals surface area contributed by atoms with Crippen molar-refractivity contribution < 1.29 is 38.0 Å². The van der Waals surface area contributed by atoms with E-state index < -0.39 is 32.7 Å². The van der Waals surface area contributed by atoms with Gasteiger partial charge in [0.05, 0.1) is 39.9 Å². The number of phosphoric ester groups is 1. The first-order valence-corrected chi connectivity index (χ1v) is 25.2. The number of aliphatic hydroxyl groups is 2. The van der Waals surface area contributed by atoms with E-state index in [1.165, 1.54) is 141 Å². The molecule has 0 rings (SSSR count). The van der Waals surface area contributed by atoms with E-state index in [0.717, 1.165) is 32.1 Å². The van der Waals surface area contributed by atoms with Gasteiger partial charge in [-0.2, -0.15) is 0 Å². The molecule has 0 saturated carbocycles. The van der Waals surface area contributed by atoms with Gasteiger partial charge in [-0.1, -0.05) is 167 Å². The summed E-state index contributed by atoms with van der Waals surface area (Å²) in [6.45, 7) is 4.41. The van der Waals surface area contributed by atoms with Gasteiger partial charge in [0.2, 0.25) is 5.91 Å². The smallest absolute Gasteiger partial charge is 0.268 e. The maximum absolute atomic E-state index is 12.9. The van der Waals surface area contributed by atoms with Crippen LogP contribution in [0.15, 0.2) is 24.3 Å². The van der Waals surface area contributed by atoms with Gasteiger partial charge < -0.3 is 34.0 Å². The minimum absolute atomic E-state index is 0.0456. The molecule has 3 N–H and O–H groups in total. The fraction of sp³-hybridized carbons (Fsp3) is 0.894. The number of likely N-dealkylation sites (N-methyl/N-ethyl adjacent to an activating group) is 1. The van der Waals surface area contributed by atoms with Crippen LogP contribution >= 0.6 is 7.82 Å². The molecule has 0 bridgehead atoms. The van der Waals surface area contributed by atoms with Crippen LogP contribution in [0.5, 0.6) is 0 Å². The topological polar surface area (TPSA) is 128 Å². The first kappa shape index (κ1) is 55.9. The van der Waals surface area contributed by atoms with E-state index in [9.17, 15) is 24.5 Å². The quantitative estimate of drug-likeness (QED) is 0.0242. The number of amides is 1. The van der Waals surface area contributed by atoms with E-state index in [1.54, 1.807) is 0 Å². The highest BCUT2D eigenvalue weighted by atomic mass is 31.2. The molecule has 57 heavy (non-hydrogen) atoms. The lowest BCUT2D eigenvalue weighted by atomic mass is 10.0. The molecule has 9 nitrogen and oxygen atoms in total. The average molecular weight is 829 g/mol. The summed E-state index contributed by atoms with van der Waals surface area (Å²) in [5.74, 6) is -0.290. The van der Waals surface area contributed by atoms with Gasteiger partial charge in [0.1, 0.15) is 19.3 Å². The maximum Gasteiger partial charge on any atom is 0.268 e. The number of carbonyl (C=O) groups excluding carboxylic acids is 1. The maximum atomic E-state index is 12.9. The molecule has 0 aliphatic heterocycles. The van der Waals surface area contributed by atoms with Gasteiger partial charge in [0.15, 0.2) is 0 Å². The number of unbranched alkanes of at least 4 members (excludes halogenated alkanes) is 25. The standard InChI is InChI=1S/C47H93N2O7P/c1-6-8-10-12-14-16-18-20-21-22-23-24-25-26-27-28-30-32-34-36-38-40-46(51)48-44(43-56-57(53,54)55-42-41-49(3,4)5)47(52)45(50)39-37-35-33-31-29-19-17-15-13-11-9-7-2/h22-23,31,33,44-45,47,50,52H,6-21,24-30,32,34-43H2,1-5H3,(H-,48,51,53,54)/b23-22-,33-31+.